The monoisotopic (exact) mass is 192 g/mol. The minimum Gasteiger partial charge on any atom is -0.504 e. The first-order valence-corrected chi connectivity index (χ1v) is 4.35. The van der Waals surface area contributed by atoms with E-state index in [0.29, 0.717) is 17.6 Å². The third kappa shape index (κ3) is 2.36. The molecule has 0 spiro atoms. The first-order valence-electron chi connectivity index (χ1n) is 4.35. The average Bonchev–Trinajstić information content (AvgIpc) is 2.19. The average molecular weight is 192 g/mol. The number of carbonyl (C=O) groups is 1. The Morgan fingerprint density at radius 3 is 2.57 bits per heavy atom. The minimum atomic E-state index is -0.180. The second-order valence-electron chi connectivity index (χ2n) is 2.94. The van der Waals surface area contributed by atoms with E-state index in [-0.39, 0.29) is 11.5 Å². The molecule has 74 valence electrons. The number of aromatic hydroxyl groups is 2. The summed E-state index contributed by atoms with van der Waals surface area (Å²) in [5.74, 6) is -0.341. The third-order valence-corrected chi connectivity index (χ3v) is 1.91. The summed E-state index contributed by atoms with van der Waals surface area (Å²) in [5, 5.41) is 18.2. The molecule has 0 saturated heterocycles. The SMILES string of the molecule is CCC(C=O)=Cc1ccc(O)c(O)c1. The largest absolute Gasteiger partial charge is 0.504 e. The lowest BCUT2D eigenvalue weighted by atomic mass is 10.1. The van der Waals surface area contributed by atoms with Crippen molar-refractivity contribution in [2.45, 2.75) is 13.3 Å². The van der Waals surface area contributed by atoms with Crippen molar-refractivity contribution in [3.05, 3.63) is 29.3 Å². The zero-order chi connectivity index (χ0) is 10.6. The molecule has 0 aromatic heterocycles. The van der Waals surface area contributed by atoms with Crippen LogP contribution in [0.15, 0.2) is 23.8 Å². The van der Waals surface area contributed by atoms with Gasteiger partial charge >= 0.3 is 0 Å². The first kappa shape index (κ1) is 10.3. The fourth-order valence-electron chi connectivity index (χ4n) is 1.06. The van der Waals surface area contributed by atoms with E-state index in [2.05, 4.69) is 0 Å². The summed E-state index contributed by atoms with van der Waals surface area (Å²) in [6, 6.07) is 4.43. The van der Waals surface area contributed by atoms with Gasteiger partial charge in [-0.05, 0) is 35.8 Å². The Balaban J connectivity index is 3.03. The number of rotatable bonds is 3. The van der Waals surface area contributed by atoms with E-state index in [0.717, 1.165) is 6.29 Å². The first-order chi connectivity index (χ1) is 6.67. The summed E-state index contributed by atoms with van der Waals surface area (Å²) in [6.07, 6.45) is 3.10. The van der Waals surface area contributed by atoms with Gasteiger partial charge in [0, 0.05) is 0 Å². The molecule has 0 atom stereocenters. The number of hydrogen-bond acceptors (Lipinski definition) is 3. The molecule has 0 aliphatic rings. The molecule has 0 amide bonds. The molecule has 1 aromatic rings. The van der Waals surface area contributed by atoms with E-state index in [1.165, 1.54) is 12.1 Å². The van der Waals surface area contributed by atoms with Gasteiger partial charge in [0.2, 0.25) is 0 Å². The van der Waals surface area contributed by atoms with Gasteiger partial charge in [0.1, 0.15) is 6.29 Å². The van der Waals surface area contributed by atoms with Crippen LogP contribution in [-0.4, -0.2) is 16.5 Å². The molecule has 0 saturated carbocycles. The molecule has 0 fully saturated rings. The van der Waals surface area contributed by atoms with Crippen molar-refractivity contribution < 1.29 is 15.0 Å². The van der Waals surface area contributed by atoms with Crippen molar-refractivity contribution in [1.82, 2.24) is 0 Å². The molecule has 3 nitrogen and oxygen atoms in total. The van der Waals surface area contributed by atoms with Crippen LogP contribution in [0.3, 0.4) is 0 Å². The molecule has 0 heterocycles. The summed E-state index contributed by atoms with van der Waals surface area (Å²) < 4.78 is 0. The molecule has 3 heteroatoms. The van der Waals surface area contributed by atoms with E-state index in [4.69, 9.17) is 5.11 Å². The molecule has 0 unspecified atom stereocenters. The van der Waals surface area contributed by atoms with Crippen LogP contribution < -0.4 is 0 Å². The number of carbonyl (C=O) groups excluding carboxylic acids is 1. The smallest absolute Gasteiger partial charge is 0.157 e. The topological polar surface area (TPSA) is 57.5 Å². The number of benzene rings is 1. The maximum Gasteiger partial charge on any atom is 0.157 e. The quantitative estimate of drug-likeness (QED) is 0.438. The molecule has 0 bridgehead atoms. The predicted octanol–water partition coefficient (Wildman–Crippen LogP) is 2.09. The van der Waals surface area contributed by atoms with Crippen LogP contribution in [0.4, 0.5) is 0 Å². The third-order valence-electron chi connectivity index (χ3n) is 1.91. The zero-order valence-electron chi connectivity index (χ0n) is 7.90. The highest BCUT2D eigenvalue weighted by atomic mass is 16.3. The second-order valence-corrected chi connectivity index (χ2v) is 2.94. The van der Waals surface area contributed by atoms with Crippen molar-refractivity contribution in [3.8, 4) is 11.5 Å². The van der Waals surface area contributed by atoms with Gasteiger partial charge in [-0.2, -0.15) is 0 Å². The Kier molecular flexibility index (Phi) is 3.29. The molecule has 1 aromatic carbocycles. The van der Waals surface area contributed by atoms with Crippen molar-refractivity contribution in [2.75, 3.05) is 0 Å². The molecular weight excluding hydrogens is 180 g/mol. The summed E-state index contributed by atoms with van der Waals surface area (Å²) in [4.78, 5) is 10.5. The number of phenols is 2. The molecule has 14 heavy (non-hydrogen) atoms. The maximum atomic E-state index is 10.5. The van der Waals surface area contributed by atoms with Gasteiger partial charge in [-0.3, -0.25) is 4.79 Å². The molecular formula is C11H12O3. The summed E-state index contributed by atoms with van der Waals surface area (Å²) in [7, 11) is 0. The Morgan fingerprint density at radius 2 is 2.07 bits per heavy atom. The zero-order valence-corrected chi connectivity index (χ0v) is 7.90. The Labute approximate surface area is 82.3 Å². The van der Waals surface area contributed by atoms with Crippen molar-refractivity contribution in [1.29, 1.82) is 0 Å². The molecule has 0 aliphatic heterocycles. The van der Waals surface area contributed by atoms with E-state index in [1.807, 2.05) is 6.92 Å². The van der Waals surface area contributed by atoms with Gasteiger partial charge in [-0.1, -0.05) is 13.0 Å². The number of aldehydes is 1. The lowest BCUT2D eigenvalue weighted by Crippen LogP contribution is -1.82. The Morgan fingerprint density at radius 1 is 1.36 bits per heavy atom. The lowest BCUT2D eigenvalue weighted by Gasteiger charge is -1.99. The number of phenolic OH excluding ortho intramolecular Hbond substituents is 2. The lowest BCUT2D eigenvalue weighted by molar-refractivity contribution is -0.104. The fraction of sp³-hybridized carbons (Fsp3) is 0.182. The number of hydrogen-bond donors (Lipinski definition) is 2. The normalized spacial score (nSPS) is 11.4. The van der Waals surface area contributed by atoms with E-state index < -0.39 is 0 Å². The van der Waals surface area contributed by atoms with Crippen molar-refractivity contribution >= 4 is 12.4 Å². The van der Waals surface area contributed by atoms with Crippen LogP contribution in [0.2, 0.25) is 0 Å². The Bertz CT molecular complexity index is 367. The molecule has 1 rings (SSSR count). The van der Waals surface area contributed by atoms with Gasteiger partial charge in [0.15, 0.2) is 11.5 Å². The predicted molar refractivity (Wildman–Crippen MR) is 54.1 cm³/mol. The maximum absolute atomic E-state index is 10.5. The van der Waals surface area contributed by atoms with Gasteiger partial charge in [0.05, 0.1) is 0 Å². The van der Waals surface area contributed by atoms with Crippen LogP contribution in [-0.2, 0) is 4.79 Å². The summed E-state index contributed by atoms with van der Waals surface area (Å²) in [5.41, 5.74) is 1.35. The highest BCUT2D eigenvalue weighted by molar-refractivity contribution is 5.81. The standard InChI is InChI=1S/C11H12O3/c1-2-8(7-12)5-9-3-4-10(13)11(14)6-9/h3-7,13-14H,2H2,1H3. The molecule has 0 radical (unpaired) electrons. The minimum absolute atomic E-state index is 0.161. The van der Waals surface area contributed by atoms with E-state index >= 15 is 0 Å². The van der Waals surface area contributed by atoms with Crippen LogP contribution in [0.25, 0.3) is 6.08 Å². The number of allylic oxidation sites excluding steroid dienone is 1. The van der Waals surface area contributed by atoms with Gasteiger partial charge < -0.3 is 10.2 Å². The van der Waals surface area contributed by atoms with Crippen LogP contribution in [0, 0.1) is 0 Å². The van der Waals surface area contributed by atoms with Gasteiger partial charge in [0.25, 0.3) is 0 Å². The van der Waals surface area contributed by atoms with E-state index in [1.54, 1.807) is 12.1 Å². The van der Waals surface area contributed by atoms with Crippen LogP contribution in [0.1, 0.15) is 18.9 Å². The van der Waals surface area contributed by atoms with Gasteiger partial charge in [-0.15, -0.1) is 0 Å². The van der Waals surface area contributed by atoms with Gasteiger partial charge in [-0.25, -0.2) is 0 Å². The highest BCUT2D eigenvalue weighted by Gasteiger charge is 1.99. The molecule has 2 N–H and O–H groups in total. The van der Waals surface area contributed by atoms with E-state index in [9.17, 15) is 9.90 Å². The Hall–Kier alpha value is -1.77. The second kappa shape index (κ2) is 4.46. The molecule has 0 aliphatic carbocycles. The summed E-state index contributed by atoms with van der Waals surface area (Å²) >= 11 is 0. The van der Waals surface area contributed by atoms with Crippen molar-refractivity contribution in [2.24, 2.45) is 0 Å². The highest BCUT2D eigenvalue weighted by Crippen LogP contribution is 2.25. The van der Waals surface area contributed by atoms with Crippen molar-refractivity contribution in [3.63, 3.8) is 0 Å². The van der Waals surface area contributed by atoms with Crippen LogP contribution >= 0.6 is 0 Å². The fourth-order valence-corrected chi connectivity index (χ4v) is 1.06. The summed E-state index contributed by atoms with van der Waals surface area (Å²) in [6.45, 7) is 1.88. The van der Waals surface area contributed by atoms with Crippen LogP contribution in [0.5, 0.6) is 11.5 Å².